The molecule has 1 N–H and O–H groups in total. The van der Waals surface area contributed by atoms with Crippen molar-refractivity contribution in [3.8, 4) is 5.75 Å². The number of hydrogen-bond acceptors (Lipinski definition) is 3. The van der Waals surface area contributed by atoms with Crippen LogP contribution in [0.2, 0.25) is 0 Å². The number of carbonyl (C=O) groups is 1. The predicted molar refractivity (Wildman–Crippen MR) is 105 cm³/mol. The average molecular weight is 350 g/mol. The van der Waals surface area contributed by atoms with Crippen LogP contribution < -0.4 is 15.0 Å². The van der Waals surface area contributed by atoms with Gasteiger partial charge in [0.2, 0.25) is 5.91 Å². The van der Waals surface area contributed by atoms with Gasteiger partial charge in [-0.05, 0) is 55.2 Å². The van der Waals surface area contributed by atoms with Gasteiger partial charge in [-0.3, -0.25) is 4.79 Å². The zero-order chi connectivity index (χ0) is 17.8. The van der Waals surface area contributed by atoms with E-state index in [1.54, 1.807) is 0 Å². The first kappa shape index (κ1) is 17.0. The topological polar surface area (TPSA) is 41.6 Å². The molecule has 0 radical (unpaired) electrons. The number of nitrogens with zero attached hydrogens (tertiary/aromatic N) is 1. The molecule has 1 saturated heterocycles. The largest absolute Gasteiger partial charge is 0.492 e. The van der Waals surface area contributed by atoms with E-state index in [4.69, 9.17) is 4.74 Å². The van der Waals surface area contributed by atoms with Gasteiger partial charge in [0.15, 0.2) is 0 Å². The van der Waals surface area contributed by atoms with Crippen molar-refractivity contribution in [2.24, 2.45) is 5.92 Å². The molecule has 0 spiro atoms. The predicted octanol–water partition coefficient (Wildman–Crippen LogP) is 4.26. The minimum atomic E-state index is -0.143. The second-order valence-corrected chi connectivity index (χ2v) is 7.26. The van der Waals surface area contributed by atoms with Crippen molar-refractivity contribution < 1.29 is 9.53 Å². The van der Waals surface area contributed by atoms with Gasteiger partial charge in [0, 0.05) is 24.5 Å². The van der Waals surface area contributed by atoms with Crippen LogP contribution in [0.4, 0.5) is 11.4 Å². The van der Waals surface area contributed by atoms with Crippen LogP contribution in [0.15, 0.2) is 48.5 Å². The van der Waals surface area contributed by atoms with Gasteiger partial charge in [0.25, 0.3) is 0 Å². The molecule has 0 saturated carbocycles. The Labute approximate surface area is 155 Å². The number of amides is 1. The molecule has 1 fully saturated rings. The van der Waals surface area contributed by atoms with E-state index < -0.39 is 0 Å². The van der Waals surface area contributed by atoms with Crippen molar-refractivity contribution >= 4 is 17.3 Å². The standard InChI is InChI=1S/C22H26N2O2/c25-22(18-15-17-7-3-4-8-21(17)26-16-18)23-19-9-11-20(12-10-19)24-13-5-1-2-6-14-24/h3-4,7-12,18H,1-2,5-6,13-16H2,(H,23,25)/t18-/m1/s1. The van der Waals surface area contributed by atoms with Crippen LogP contribution in [0.25, 0.3) is 0 Å². The number of ether oxygens (including phenoxy) is 1. The van der Waals surface area contributed by atoms with Gasteiger partial charge in [0.05, 0.1) is 5.92 Å². The summed E-state index contributed by atoms with van der Waals surface area (Å²) in [6.45, 7) is 2.70. The molecule has 26 heavy (non-hydrogen) atoms. The van der Waals surface area contributed by atoms with Crippen molar-refractivity contribution in [2.75, 3.05) is 29.9 Å². The molecular formula is C22H26N2O2. The van der Waals surface area contributed by atoms with Crippen LogP contribution in [0.1, 0.15) is 31.2 Å². The maximum absolute atomic E-state index is 12.6. The molecule has 0 aliphatic carbocycles. The van der Waals surface area contributed by atoms with E-state index in [1.165, 1.54) is 31.4 Å². The third-order valence-corrected chi connectivity index (χ3v) is 5.36. The molecule has 1 atom stereocenters. The second kappa shape index (κ2) is 7.81. The van der Waals surface area contributed by atoms with Gasteiger partial charge in [-0.25, -0.2) is 0 Å². The Hall–Kier alpha value is -2.49. The van der Waals surface area contributed by atoms with Gasteiger partial charge in [-0.2, -0.15) is 0 Å². The third kappa shape index (κ3) is 3.85. The molecule has 2 aromatic carbocycles. The summed E-state index contributed by atoms with van der Waals surface area (Å²) in [6.07, 6.45) is 5.92. The fourth-order valence-corrected chi connectivity index (χ4v) is 3.83. The highest BCUT2D eigenvalue weighted by Crippen LogP contribution is 2.28. The minimum Gasteiger partial charge on any atom is -0.492 e. The summed E-state index contributed by atoms with van der Waals surface area (Å²) in [6, 6.07) is 16.2. The van der Waals surface area contributed by atoms with Crippen LogP contribution in [-0.2, 0) is 11.2 Å². The first-order valence-corrected chi connectivity index (χ1v) is 9.66. The first-order chi connectivity index (χ1) is 12.8. The number of benzene rings is 2. The van der Waals surface area contributed by atoms with E-state index in [0.717, 1.165) is 36.5 Å². The first-order valence-electron chi connectivity index (χ1n) is 9.66. The summed E-state index contributed by atoms with van der Waals surface area (Å²) in [5.41, 5.74) is 3.21. The van der Waals surface area contributed by atoms with Gasteiger partial charge in [0.1, 0.15) is 12.4 Å². The molecule has 0 bridgehead atoms. The third-order valence-electron chi connectivity index (χ3n) is 5.36. The van der Waals surface area contributed by atoms with E-state index in [9.17, 15) is 4.79 Å². The number of rotatable bonds is 3. The molecule has 136 valence electrons. The van der Waals surface area contributed by atoms with E-state index >= 15 is 0 Å². The molecule has 4 heteroatoms. The summed E-state index contributed by atoms with van der Waals surface area (Å²) < 4.78 is 5.74. The molecule has 1 amide bonds. The lowest BCUT2D eigenvalue weighted by Crippen LogP contribution is -2.32. The number of anilines is 2. The lowest BCUT2D eigenvalue weighted by molar-refractivity contribution is -0.121. The highest BCUT2D eigenvalue weighted by Gasteiger charge is 2.25. The molecule has 4 rings (SSSR count). The Morgan fingerprint density at radius 1 is 0.962 bits per heavy atom. The number of para-hydroxylation sites is 1. The lowest BCUT2D eigenvalue weighted by Gasteiger charge is -2.25. The second-order valence-electron chi connectivity index (χ2n) is 7.26. The normalized spacial score (nSPS) is 19.8. The number of hydrogen-bond donors (Lipinski definition) is 1. The Morgan fingerprint density at radius 2 is 1.69 bits per heavy atom. The smallest absolute Gasteiger partial charge is 0.231 e. The summed E-state index contributed by atoms with van der Waals surface area (Å²) in [5, 5.41) is 3.05. The fraction of sp³-hybridized carbons (Fsp3) is 0.409. The molecule has 2 aromatic rings. The van der Waals surface area contributed by atoms with E-state index in [1.807, 2.05) is 36.4 Å². The summed E-state index contributed by atoms with van der Waals surface area (Å²) in [4.78, 5) is 15.1. The lowest BCUT2D eigenvalue weighted by atomic mass is 9.96. The van der Waals surface area contributed by atoms with Crippen LogP contribution in [-0.4, -0.2) is 25.6 Å². The Bertz CT molecular complexity index is 749. The molecule has 2 aliphatic heterocycles. The van der Waals surface area contributed by atoms with Crippen molar-refractivity contribution in [1.29, 1.82) is 0 Å². The fourth-order valence-electron chi connectivity index (χ4n) is 3.83. The van der Waals surface area contributed by atoms with Crippen LogP contribution >= 0.6 is 0 Å². The van der Waals surface area contributed by atoms with Gasteiger partial charge in [-0.15, -0.1) is 0 Å². The number of fused-ring (bicyclic) bond motifs is 1. The molecular weight excluding hydrogens is 324 g/mol. The van der Waals surface area contributed by atoms with Crippen LogP contribution in [0.3, 0.4) is 0 Å². The van der Waals surface area contributed by atoms with Crippen molar-refractivity contribution in [1.82, 2.24) is 0 Å². The molecule has 0 aromatic heterocycles. The molecule has 4 nitrogen and oxygen atoms in total. The minimum absolute atomic E-state index is 0.0297. The van der Waals surface area contributed by atoms with Crippen molar-refractivity contribution in [3.63, 3.8) is 0 Å². The van der Waals surface area contributed by atoms with Gasteiger partial charge >= 0.3 is 0 Å². The highest BCUT2D eigenvalue weighted by molar-refractivity contribution is 5.93. The van der Waals surface area contributed by atoms with Crippen LogP contribution in [0, 0.1) is 5.92 Å². The highest BCUT2D eigenvalue weighted by atomic mass is 16.5. The molecule has 0 unspecified atom stereocenters. The van der Waals surface area contributed by atoms with E-state index in [2.05, 4.69) is 22.3 Å². The Kier molecular flexibility index (Phi) is 5.09. The summed E-state index contributed by atoms with van der Waals surface area (Å²) in [7, 11) is 0. The van der Waals surface area contributed by atoms with Crippen molar-refractivity contribution in [3.05, 3.63) is 54.1 Å². The van der Waals surface area contributed by atoms with Gasteiger partial charge in [-0.1, -0.05) is 31.0 Å². The Balaban J connectivity index is 1.37. The number of nitrogens with one attached hydrogen (secondary N) is 1. The molecule has 2 aliphatic rings. The monoisotopic (exact) mass is 350 g/mol. The summed E-state index contributed by atoms with van der Waals surface area (Å²) >= 11 is 0. The molecule has 2 heterocycles. The maximum atomic E-state index is 12.6. The quantitative estimate of drug-likeness (QED) is 0.899. The zero-order valence-corrected chi connectivity index (χ0v) is 15.1. The van der Waals surface area contributed by atoms with Crippen LogP contribution in [0.5, 0.6) is 5.75 Å². The number of carbonyl (C=O) groups excluding carboxylic acids is 1. The van der Waals surface area contributed by atoms with Gasteiger partial charge < -0.3 is 15.0 Å². The Morgan fingerprint density at radius 3 is 2.46 bits per heavy atom. The summed E-state index contributed by atoms with van der Waals surface area (Å²) in [5.74, 6) is 0.788. The zero-order valence-electron chi connectivity index (χ0n) is 15.1. The van der Waals surface area contributed by atoms with E-state index in [0.29, 0.717) is 6.61 Å². The maximum Gasteiger partial charge on any atom is 0.231 e. The SMILES string of the molecule is O=C(Nc1ccc(N2CCCCCC2)cc1)[C@H]1COc2ccccc2C1. The van der Waals surface area contributed by atoms with E-state index in [-0.39, 0.29) is 11.8 Å². The van der Waals surface area contributed by atoms with Crippen molar-refractivity contribution in [2.45, 2.75) is 32.1 Å². The average Bonchev–Trinajstić information content (AvgIpc) is 2.98.